The molecule has 4 rings (SSSR count). The summed E-state index contributed by atoms with van der Waals surface area (Å²) in [6, 6.07) is 19.1. The average molecular weight is 427 g/mol. The lowest BCUT2D eigenvalue weighted by atomic mass is 9.99. The molecule has 1 saturated heterocycles. The van der Waals surface area contributed by atoms with Crippen LogP contribution in [0.3, 0.4) is 0 Å². The highest BCUT2D eigenvalue weighted by atomic mass is 35.5. The molecule has 160 valence electrons. The van der Waals surface area contributed by atoms with Crippen molar-refractivity contribution in [2.45, 2.75) is 32.4 Å². The first kappa shape index (κ1) is 22.5. The minimum Gasteiger partial charge on any atom is -0.494 e. The summed E-state index contributed by atoms with van der Waals surface area (Å²) in [5.41, 5.74) is 3.66. The minimum atomic E-state index is 0. The van der Waals surface area contributed by atoms with Crippen LogP contribution in [-0.2, 0) is 11.3 Å². The highest BCUT2D eigenvalue weighted by Gasteiger charge is 2.32. The van der Waals surface area contributed by atoms with E-state index >= 15 is 0 Å². The predicted octanol–water partition coefficient (Wildman–Crippen LogP) is 4.44. The molecule has 0 amide bonds. The number of piperazine rings is 1. The maximum atomic E-state index is 12.3. The number of nitrogens with zero attached hydrogens (tertiary/aromatic N) is 2. The van der Waals surface area contributed by atoms with Crippen molar-refractivity contribution in [3.8, 4) is 5.75 Å². The van der Waals surface area contributed by atoms with Gasteiger partial charge in [-0.1, -0.05) is 49.4 Å². The molecule has 2 aliphatic rings. The van der Waals surface area contributed by atoms with E-state index in [0.717, 1.165) is 62.6 Å². The summed E-state index contributed by atoms with van der Waals surface area (Å²) in [5.74, 6) is 1.13. The van der Waals surface area contributed by atoms with Gasteiger partial charge in [0, 0.05) is 45.2 Å². The van der Waals surface area contributed by atoms with Crippen molar-refractivity contribution in [2.24, 2.45) is 0 Å². The van der Waals surface area contributed by atoms with Gasteiger partial charge in [-0.05, 0) is 41.3 Å². The first-order valence-electron chi connectivity index (χ1n) is 10.7. The fraction of sp³-hybridized carbons (Fsp3) is 0.400. The quantitative estimate of drug-likeness (QED) is 0.655. The van der Waals surface area contributed by atoms with Crippen LogP contribution >= 0.6 is 12.4 Å². The molecule has 0 saturated carbocycles. The van der Waals surface area contributed by atoms with Gasteiger partial charge in [-0.3, -0.25) is 14.6 Å². The van der Waals surface area contributed by atoms with Gasteiger partial charge >= 0.3 is 0 Å². The van der Waals surface area contributed by atoms with Gasteiger partial charge < -0.3 is 4.74 Å². The number of carbonyl (C=O) groups excluding carboxylic acids is 1. The van der Waals surface area contributed by atoms with E-state index in [0.29, 0.717) is 6.42 Å². The molecule has 2 aromatic carbocycles. The number of benzene rings is 2. The highest BCUT2D eigenvalue weighted by molar-refractivity contribution is 6.03. The Morgan fingerprint density at radius 3 is 2.33 bits per heavy atom. The van der Waals surface area contributed by atoms with Crippen LogP contribution in [0.25, 0.3) is 5.57 Å². The first-order chi connectivity index (χ1) is 14.2. The van der Waals surface area contributed by atoms with Crippen molar-refractivity contribution in [1.29, 1.82) is 0 Å². The molecular formula is C25H31ClN2O2. The molecule has 1 fully saturated rings. The van der Waals surface area contributed by atoms with Gasteiger partial charge in [-0.15, -0.1) is 12.4 Å². The number of carbonyl (C=O) groups is 1. The van der Waals surface area contributed by atoms with Crippen LogP contribution in [0.15, 0.2) is 60.7 Å². The standard InChI is InChI=1S/C25H30N2O2.ClH/c1-2-16-29-23-10-8-21(9-11-23)24-17-22(28)18-25(24)27-14-12-26(13-15-27)19-20-6-4-3-5-7-20;/h3-11,17,25H,2,12-16,18-19H2,1H3;1H. The van der Waals surface area contributed by atoms with Gasteiger partial charge in [-0.2, -0.15) is 0 Å². The maximum absolute atomic E-state index is 12.3. The Morgan fingerprint density at radius 1 is 0.967 bits per heavy atom. The summed E-state index contributed by atoms with van der Waals surface area (Å²) < 4.78 is 5.70. The Labute approximate surface area is 185 Å². The molecule has 0 N–H and O–H groups in total. The highest BCUT2D eigenvalue weighted by Crippen LogP contribution is 2.32. The maximum Gasteiger partial charge on any atom is 0.157 e. The van der Waals surface area contributed by atoms with Crippen LogP contribution in [0.4, 0.5) is 0 Å². The van der Waals surface area contributed by atoms with Gasteiger partial charge in [0.15, 0.2) is 5.78 Å². The van der Waals surface area contributed by atoms with Gasteiger partial charge in [-0.25, -0.2) is 0 Å². The number of allylic oxidation sites excluding steroid dienone is 1. The summed E-state index contributed by atoms with van der Waals surface area (Å²) in [5, 5.41) is 0. The van der Waals surface area contributed by atoms with E-state index < -0.39 is 0 Å². The second-order valence-electron chi connectivity index (χ2n) is 7.96. The van der Waals surface area contributed by atoms with E-state index in [4.69, 9.17) is 4.74 Å². The number of hydrogen-bond acceptors (Lipinski definition) is 4. The summed E-state index contributed by atoms with van der Waals surface area (Å²) >= 11 is 0. The molecule has 5 heteroatoms. The molecule has 1 aliphatic carbocycles. The van der Waals surface area contributed by atoms with Crippen molar-refractivity contribution in [1.82, 2.24) is 9.80 Å². The summed E-state index contributed by atoms with van der Waals surface area (Å²) in [4.78, 5) is 17.2. The van der Waals surface area contributed by atoms with Crippen LogP contribution in [0.1, 0.15) is 30.9 Å². The smallest absolute Gasteiger partial charge is 0.157 e. The third kappa shape index (κ3) is 5.51. The summed E-state index contributed by atoms with van der Waals surface area (Å²) in [6.07, 6.45) is 3.45. The molecule has 1 atom stereocenters. The van der Waals surface area contributed by atoms with Crippen molar-refractivity contribution in [3.63, 3.8) is 0 Å². The van der Waals surface area contributed by atoms with E-state index in [1.165, 1.54) is 5.56 Å². The molecule has 0 bridgehead atoms. The number of halogens is 1. The van der Waals surface area contributed by atoms with Crippen LogP contribution in [0.2, 0.25) is 0 Å². The van der Waals surface area contributed by atoms with Gasteiger partial charge in [0.1, 0.15) is 5.75 Å². The van der Waals surface area contributed by atoms with E-state index in [2.05, 4.69) is 59.2 Å². The zero-order valence-corrected chi connectivity index (χ0v) is 18.4. The zero-order chi connectivity index (χ0) is 20.1. The molecule has 1 heterocycles. The Hall–Kier alpha value is -2.14. The Bertz CT molecular complexity index is 843. The van der Waals surface area contributed by atoms with E-state index in [9.17, 15) is 4.79 Å². The molecule has 0 spiro atoms. The Kier molecular flexibility index (Phi) is 8.08. The van der Waals surface area contributed by atoms with Crippen molar-refractivity contribution >= 4 is 23.8 Å². The number of ether oxygens (including phenoxy) is 1. The molecular weight excluding hydrogens is 396 g/mol. The fourth-order valence-electron chi connectivity index (χ4n) is 4.27. The third-order valence-corrected chi connectivity index (χ3v) is 5.83. The SMILES string of the molecule is CCCOc1ccc(C2=CC(=O)CC2N2CCN(Cc3ccccc3)CC2)cc1.Cl. The van der Waals surface area contributed by atoms with Crippen LogP contribution < -0.4 is 4.74 Å². The third-order valence-electron chi connectivity index (χ3n) is 5.83. The Balaban J connectivity index is 0.00000256. The lowest BCUT2D eigenvalue weighted by Gasteiger charge is -2.38. The van der Waals surface area contributed by atoms with Gasteiger partial charge in [0.05, 0.1) is 6.61 Å². The molecule has 0 aromatic heterocycles. The summed E-state index contributed by atoms with van der Waals surface area (Å²) in [7, 11) is 0. The topological polar surface area (TPSA) is 32.8 Å². The molecule has 2 aromatic rings. The molecule has 4 nitrogen and oxygen atoms in total. The lowest BCUT2D eigenvalue weighted by Crippen LogP contribution is -2.49. The molecule has 1 aliphatic heterocycles. The number of rotatable bonds is 7. The molecule has 1 unspecified atom stereocenters. The van der Waals surface area contributed by atoms with Gasteiger partial charge in [0.2, 0.25) is 0 Å². The van der Waals surface area contributed by atoms with Gasteiger partial charge in [0.25, 0.3) is 0 Å². The van der Waals surface area contributed by atoms with Crippen molar-refractivity contribution in [2.75, 3.05) is 32.8 Å². The van der Waals surface area contributed by atoms with E-state index in [1.54, 1.807) is 0 Å². The predicted molar refractivity (Wildman–Crippen MR) is 124 cm³/mol. The number of hydrogen-bond donors (Lipinski definition) is 0. The average Bonchev–Trinajstić information content (AvgIpc) is 3.15. The minimum absolute atomic E-state index is 0. The lowest BCUT2D eigenvalue weighted by molar-refractivity contribution is -0.114. The van der Waals surface area contributed by atoms with Crippen LogP contribution in [0, 0.1) is 0 Å². The second kappa shape index (κ2) is 10.8. The van der Waals surface area contributed by atoms with E-state index in [1.807, 2.05) is 18.2 Å². The number of ketones is 1. The second-order valence-corrected chi connectivity index (χ2v) is 7.96. The fourth-order valence-corrected chi connectivity index (χ4v) is 4.27. The van der Waals surface area contributed by atoms with Crippen LogP contribution in [0.5, 0.6) is 5.75 Å². The van der Waals surface area contributed by atoms with Crippen LogP contribution in [-0.4, -0.2) is 54.4 Å². The first-order valence-corrected chi connectivity index (χ1v) is 10.7. The normalized spacial score (nSPS) is 20.0. The Morgan fingerprint density at radius 2 is 1.67 bits per heavy atom. The summed E-state index contributed by atoms with van der Waals surface area (Å²) in [6.45, 7) is 7.91. The largest absolute Gasteiger partial charge is 0.494 e. The van der Waals surface area contributed by atoms with E-state index in [-0.39, 0.29) is 24.2 Å². The zero-order valence-electron chi connectivity index (χ0n) is 17.6. The monoisotopic (exact) mass is 426 g/mol. The molecule has 0 radical (unpaired) electrons. The molecule has 30 heavy (non-hydrogen) atoms. The van der Waals surface area contributed by atoms with Crippen molar-refractivity contribution in [3.05, 3.63) is 71.8 Å². The van der Waals surface area contributed by atoms with Crippen molar-refractivity contribution < 1.29 is 9.53 Å².